The van der Waals surface area contributed by atoms with Crippen molar-refractivity contribution >= 4 is 23.6 Å². The number of likely N-dealkylation sites (tertiary alicyclic amines) is 1. The van der Waals surface area contributed by atoms with Crippen LogP contribution in [0, 0.1) is 5.92 Å². The number of hydrogen-bond acceptors (Lipinski definition) is 5. The molecule has 41 heavy (non-hydrogen) atoms. The first kappa shape index (κ1) is 30.5. The molecule has 218 valence electrons. The molecule has 1 aromatic heterocycles. The third-order valence-electron chi connectivity index (χ3n) is 7.93. The molecule has 4 N–H and O–H groups in total. The molecule has 0 aliphatic carbocycles. The van der Waals surface area contributed by atoms with Gasteiger partial charge in [-0.25, -0.2) is 4.79 Å². The van der Waals surface area contributed by atoms with Gasteiger partial charge >= 0.3 is 6.09 Å². The SMILES string of the molecule is CCc1cccc(-c2c(Cl)cccc2C(O)(CCCNC(=O)O)C2CCCN(C(=O)c3ccc(CNC)nc3)C2)c1. The van der Waals surface area contributed by atoms with Crippen molar-refractivity contribution in [3.05, 3.63) is 88.2 Å². The molecule has 2 amide bonds. The summed E-state index contributed by atoms with van der Waals surface area (Å²) in [6.45, 7) is 3.87. The van der Waals surface area contributed by atoms with Gasteiger partial charge in [-0.3, -0.25) is 9.78 Å². The summed E-state index contributed by atoms with van der Waals surface area (Å²) in [6.07, 6.45) is 3.55. The Hall–Kier alpha value is -3.46. The number of rotatable bonds is 11. The molecule has 0 spiro atoms. The topological polar surface area (TPSA) is 115 Å². The van der Waals surface area contributed by atoms with Crippen LogP contribution in [0.5, 0.6) is 0 Å². The summed E-state index contributed by atoms with van der Waals surface area (Å²) in [7, 11) is 1.85. The van der Waals surface area contributed by atoms with Crippen molar-refractivity contribution in [3.63, 3.8) is 0 Å². The van der Waals surface area contributed by atoms with Crippen molar-refractivity contribution in [2.75, 3.05) is 26.7 Å². The maximum Gasteiger partial charge on any atom is 0.404 e. The molecule has 0 bridgehead atoms. The zero-order valence-corrected chi connectivity index (χ0v) is 24.5. The van der Waals surface area contributed by atoms with E-state index in [0.29, 0.717) is 55.0 Å². The van der Waals surface area contributed by atoms with E-state index in [4.69, 9.17) is 16.7 Å². The number of pyridine rings is 1. The van der Waals surface area contributed by atoms with E-state index in [2.05, 4.69) is 34.7 Å². The number of halogens is 1. The van der Waals surface area contributed by atoms with Crippen LogP contribution >= 0.6 is 11.6 Å². The Morgan fingerprint density at radius 2 is 1.98 bits per heavy atom. The van der Waals surface area contributed by atoms with E-state index in [9.17, 15) is 14.7 Å². The summed E-state index contributed by atoms with van der Waals surface area (Å²) in [5.74, 6) is -0.400. The van der Waals surface area contributed by atoms with Gasteiger partial charge in [0.15, 0.2) is 0 Å². The van der Waals surface area contributed by atoms with E-state index in [0.717, 1.165) is 35.2 Å². The minimum Gasteiger partial charge on any atom is -0.465 e. The molecule has 9 heteroatoms. The van der Waals surface area contributed by atoms with Gasteiger partial charge in [0.25, 0.3) is 5.91 Å². The lowest BCUT2D eigenvalue weighted by atomic mass is 9.72. The number of piperidine rings is 1. The normalized spacial score (nSPS) is 16.7. The monoisotopic (exact) mass is 578 g/mol. The van der Waals surface area contributed by atoms with E-state index in [1.165, 1.54) is 0 Å². The van der Waals surface area contributed by atoms with Crippen LogP contribution in [0.1, 0.15) is 59.8 Å². The van der Waals surface area contributed by atoms with Gasteiger partial charge in [-0.05, 0) is 74.0 Å². The number of nitrogens with one attached hydrogen (secondary N) is 2. The third-order valence-corrected chi connectivity index (χ3v) is 8.24. The van der Waals surface area contributed by atoms with E-state index < -0.39 is 11.7 Å². The van der Waals surface area contributed by atoms with Gasteiger partial charge < -0.3 is 25.7 Å². The fourth-order valence-corrected chi connectivity index (χ4v) is 6.09. The third kappa shape index (κ3) is 7.25. The Kier molecular flexibility index (Phi) is 10.4. The second kappa shape index (κ2) is 13.9. The number of amides is 2. The zero-order valence-electron chi connectivity index (χ0n) is 23.7. The van der Waals surface area contributed by atoms with Gasteiger partial charge in [0.2, 0.25) is 0 Å². The van der Waals surface area contributed by atoms with Crippen LogP contribution in [0.15, 0.2) is 60.8 Å². The smallest absolute Gasteiger partial charge is 0.404 e. The van der Waals surface area contributed by atoms with Gasteiger partial charge in [0, 0.05) is 48.9 Å². The quantitative estimate of drug-likeness (QED) is 0.224. The van der Waals surface area contributed by atoms with Gasteiger partial charge in [-0.1, -0.05) is 54.9 Å². The minimum atomic E-state index is -1.35. The van der Waals surface area contributed by atoms with Crippen LogP contribution in [0.2, 0.25) is 5.02 Å². The number of aliphatic hydroxyl groups is 1. The predicted octanol–water partition coefficient (Wildman–Crippen LogP) is 5.47. The molecule has 1 saturated heterocycles. The Morgan fingerprint density at radius 1 is 1.17 bits per heavy atom. The van der Waals surface area contributed by atoms with Crippen molar-refractivity contribution in [1.82, 2.24) is 20.5 Å². The highest BCUT2D eigenvalue weighted by Gasteiger charge is 2.43. The lowest BCUT2D eigenvalue weighted by Gasteiger charge is -2.44. The average molecular weight is 579 g/mol. The lowest BCUT2D eigenvalue weighted by molar-refractivity contribution is -0.0563. The number of carboxylic acid groups (broad SMARTS) is 1. The Balaban J connectivity index is 1.69. The zero-order chi connectivity index (χ0) is 29.4. The summed E-state index contributed by atoms with van der Waals surface area (Å²) in [5, 5.41) is 27.7. The highest BCUT2D eigenvalue weighted by molar-refractivity contribution is 6.33. The summed E-state index contributed by atoms with van der Waals surface area (Å²) in [4.78, 5) is 30.8. The van der Waals surface area contributed by atoms with E-state index >= 15 is 0 Å². The van der Waals surface area contributed by atoms with Crippen LogP contribution in [-0.2, 0) is 18.6 Å². The summed E-state index contributed by atoms with van der Waals surface area (Å²) in [6, 6.07) is 17.4. The Labute approximate surface area is 246 Å². The molecular formula is C32H39ClN4O4. The summed E-state index contributed by atoms with van der Waals surface area (Å²) >= 11 is 6.82. The molecule has 0 radical (unpaired) electrons. The molecule has 2 heterocycles. The number of carbonyl (C=O) groups is 2. The minimum absolute atomic E-state index is 0.116. The number of hydrogen-bond donors (Lipinski definition) is 4. The van der Waals surface area contributed by atoms with Crippen molar-refractivity contribution in [2.45, 2.75) is 51.2 Å². The Morgan fingerprint density at radius 3 is 2.68 bits per heavy atom. The summed E-state index contributed by atoms with van der Waals surface area (Å²) < 4.78 is 0. The number of aryl methyl sites for hydroxylation is 1. The second-order valence-electron chi connectivity index (χ2n) is 10.6. The number of aromatic nitrogens is 1. The first-order valence-electron chi connectivity index (χ1n) is 14.2. The molecule has 2 aromatic carbocycles. The lowest BCUT2D eigenvalue weighted by Crippen LogP contribution is -2.48. The van der Waals surface area contributed by atoms with Crippen molar-refractivity contribution in [1.29, 1.82) is 0 Å². The maximum atomic E-state index is 13.5. The molecule has 8 nitrogen and oxygen atoms in total. The highest BCUT2D eigenvalue weighted by Crippen LogP contribution is 2.45. The van der Waals surface area contributed by atoms with Gasteiger partial charge in [-0.15, -0.1) is 0 Å². The molecule has 1 fully saturated rings. The standard InChI is InChI=1S/C32H39ClN4O4/c1-3-22-8-4-9-23(18-22)29-27(11-5-12-28(29)33)32(41,15-7-16-35-31(39)40)25-10-6-17-37(21-25)30(38)24-13-14-26(20-34-2)36-19-24/h4-5,8-9,11-14,18-19,25,34-35,41H,3,6-7,10,15-17,20-21H2,1-2H3,(H,39,40). The molecular weight excluding hydrogens is 540 g/mol. The number of benzene rings is 2. The molecule has 3 aromatic rings. The van der Waals surface area contributed by atoms with Crippen LogP contribution < -0.4 is 10.6 Å². The average Bonchev–Trinajstić information content (AvgIpc) is 2.99. The fraction of sp³-hybridized carbons (Fsp3) is 0.406. The van der Waals surface area contributed by atoms with E-state index in [1.807, 2.05) is 43.4 Å². The molecule has 4 rings (SSSR count). The molecule has 0 saturated carbocycles. The second-order valence-corrected chi connectivity index (χ2v) is 11.0. The van der Waals surface area contributed by atoms with Crippen LogP contribution in [0.3, 0.4) is 0 Å². The van der Waals surface area contributed by atoms with Crippen LogP contribution in [0.25, 0.3) is 11.1 Å². The van der Waals surface area contributed by atoms with Crippen LogP contribution in [0.4, 0.5) is 4.79 Å². The van der Waals surface area contributed by atoms with E-state index in [1.54, 1.807) is 17.2 Å². The van der Waals surface area contributed by atoms with Gasteiger partial charge in [0.05, 0.1) is 16.9 Å². The van der Waals surface area contributed by atoms with Gasteiger partial charge in [-0.2, -0.15) is 0 Å². The largest absolute Gasteiger partial charge is 0.465 e. The molecule has 1 aliphatic heterocycles. The summed E-state index contributed by atoms with van der Waals surface area (Å²) in [5.41, 5.74) is 3.56. The van der Waals surface area contributed by atoms with Crippen molar-refractivity contribution in [2.24, 2.45) is 5.92 Å². The first-order chi connectivity index (χ1) is 19.8. The van der Waals surface area contributed by atoms with Crippen molar-refractivity contribution in [3.8, 4) is 11.1 Å². The molecule has 2 unspecified atom stereocenters. The fourth-order valence-electron chi connectivity index (χ4n) is 5.81. The van der Waals surface area contributed by atoms with E-state index in [-0.39, 0.29) is 18.4 Å². The number of nitrogens with zero attached hydrogens (tertiary/aromatic N) is 2. The highest BCUT2D eigenvalue weighted by atomic mass is 35.5. The Bertz CT molecular complexity index is 1350. The van der Waals surface area contributed by atoms with Gasteiger partial charge in [0.1, 0.15) is 0 Å². The van der Waals surface area contributed by atoms with Crippen LogP contribution in [-0.4, -0.2) is 58.8 Å². The predicted molar refractivity (Wildman–Crippen MR) is 161 cm³/mol. The number of carbonyl (C=O) groups excluding carboxylic acids is 1. The van der Waals surface area contributed by atoms with Crippen molar-refractivity contribution < 1.29 is 19.8 Å². The first-order valence-corrected chi connectivity index (χ1v) is 14.6. The molecule has 1 aliphatic rings. The maximum absolute atomic E-state index is 13.5. The molecule has 2 atom stereocenters.